The van der Waals surface area contributed by atoms with E-state index in [4.69, 9.17) is 0 Å². The number of anilines is 1. The Hall–Kier alpha value is -2.02. The lowest BCUT2D eigenvalue weighted by atomic mass is 10.1. The lowest BCUT2D eigenvalue weighted by Crippen LogP contribution is -2.04. The Morgan fingerprint density at radius 3 is 2.71 bits per heavy atom. The molecule has 0 aliphatic heterocycles. The average molecular weight is 250 g/mol. The van der Waals surface area contributed by atoms with Crippen molar-refractivity contribution in [3.05, 3.63) is 45.5 Å². The molecule has 0 atom stereocenters. The Morgan fingerprint density at radius 2 is 2.12 bits per heavy atom. The molecule has 17 heavy (non-hydrogen) atoms. The van der Waals surface area contributed by atoms with Crippen LogP contribution >= 0.6 is 11.3 Å². The maximum absolute atomic E-state index is 10.5. The fraction of sp³-hybridized carbons (Fsp3) is 0.200. The normalized spacial score (nSPS) is 10.1. The van der Waals surface area contributed by atoms with E-state index in [1.807, 2.05) is 0 Å². The molecule has 0 aliphatic carbocycles. The van der Waals surface area contributed by atoms with Gasteiger partial charge in [0.1, 0.15) is 5.51 Å². The molecule has 7 heteroatoms. The van der Waals surface area contributed by atoms with Crippen molar-refractivity contribution in [1.29, 1.82) is 0 Å². The van der Waals surface area contributed by atoms with Crippen molar-refractivity contribution in [2.24, 2.45) is 0 Å². The molecule has 0 aliphatic rings. The standard InChI is InChI=1S/C10H10N4O2S/c15-14(16)9-3-1-8(2-4-9)5-6-11-10-13-12-7-17-10/h1-4,7H,5-6H2,(H,11,13). The zero-order valence-electron chi connectivity index (χ0n) is 8.87. The van der Waals surface area contributed by atoms with Gasteiger partial charge in [0, 0.05) is 18.7 Å². The first-order valence-electron chi connectivity index (χ1n) is 4.99. The first kappa shape index (κ1) is 11.5. The zero-order chi connectivity index (χ0) is 12.1. The number of hydrogen-bond donors (Lipinski definition) is 1. The highest BCUT2D eigenvalue weighted by molar-refractivity contribution is 7.13. The minimum atomic E-state index is -0.400. The van der Waals surface area contributed by atoms with Gasteiger partial charge in [0.05, 0.1) is 4.92 Å². The molecule has 0 saturated heterocycles. The number of non-ortho nitro benzene ring substituents is 1. The topological polar surface area (TPSA) is 81.0 Å². The minimum absolute atomic E-state index is 0.117. The fourth-order valence-electron chi connectivity index (χ4n) is 1.35. The van der Waals surface area contributed by atoms with Crippen molar-refractivity contribution in [3.63, 3.8) is 0 Å². The number of nitrogens with zero attached hydrogens (tertiary/aromatic N) is 3. The molecule has 0 spiro atoms. The highest BCUT2D eigenvalue weighted by Gasteiger charge is 2.03. The number of hydrogen-bond acceptors (Lipinski definition) is 6. The number of aromatic nitrogens is 2. The van der Waals surface area contributed by atoms with Gasteiger partial charge < -0.3 is 5.32 Å². The highest BCUT2D eigenvalue weighted by Crippen LogP contribution is 2.13. The molecule has 0 bridgehead atoms. The Kier molecular flexibility index (Phi) is 3.61. The second-order valence-corrected chi connectivity index (χ2v) is 4.18. The van der Waals surface area contributed by atoms with Crippen LogP contribution in [0.25, 0.3) is 0 Å². The second kappa shape index (κ2) is 5.35. The van der Waals surface area contributed by atoms with E-state index in [0.29, 0.717) is 0 Å². The lowest BCUT2D eigenvalue weighted by Gasteiger charge is -2.02. The molecule has 1 aromatic heterocycles. The highest BCUT2D eigenvalue weighted by atomic mass is 32.1. The van der Waals surface area contributed by atoms with Crippen LogP contribution in [0.5, 0.6) is 0 Å². The van der Waals surface area contributed by atoms with Gasteiger partial charge in [-0.1, -0.05) is 23.5 Å². The van der Waals surface area contributed by atoms with Crippen molar-refractivity contribution in [2.45, 2.75) is 6.42 Å². The van der Waals surface area contributed by atoms with E-state index in [9.17, 15) is 10.1 Å². The molecule has 0 radical (unpaired) electrons. The second-order valence-electron chi connectivity index (χ2n) is 3.34. The summed E-state index contributed by atoms with van der Waals surface area (Å²) in [4.78, 5) is 10.1. The van der Waals surface area contributed by atoms with E-state index in [2.05, 4.69) is 15.5 Å². The SMILES string of the molecule is O=[N+]([O-])c1ccc(CCNc2nncs2)cc1. The van der Waals surface area contributed by atoms with Crippen LogP contribution in [0.4, 0.5) is 10.8 Å². The summed E-state index contributed by atoms with van der Waals surface area (Å²) in [5.74, 6) is 0. The molecule has 0 unspecified atom stereocenters. The van der Waals surface area contributed by atoms with Gasteiger partial charge in [0.25, 0.3) is 5.69 Å². The average Bonchev–Trinajstić information content (AvgIpc) is 2.83. The molecule has 0 amide bonds. The molecule has 2 aromatic rings. The smallest absolute Gasteiger partial charge is 0.269 e. The van der Waals surface area contributed by atoms with Gasteiger partial charge >= 0.3 is 0 Å². The third kappa shape index (κ3) is 3.22. The molecule has 1 N–H and O–H groups in total. The summed E-state index contributed by atoms with van der Waals surface area (Å²) in [6.45, 7) is 0.729. The number of rotatable bonds is 5. The number of nitrogens with one attached hydrogen (secondary N) is 1. The Balaban J connectivity index is 1.85. The Morgan fingerprint density at radius 1 is 1.35 bits per heavy atom. The first-order chi connectivity index (χ1) is 8.25. The monoisotopic (exact) mass is 250 g/mol. The zero-order valence-corrected chi connectivity index (χ0v) is 9.68. The van der Waals surface area contributed by atoms with Crippen LogP contribution in [0.15, 0.2) is 29.8 Å². The Labute approximate surface area is 101 Å². The molecular formula is C10H10N4O2S. The van der Waals surface area contributed by atoms with Crippen molar-refractivity contribution in [2.75, 3.05) is 11.9 Å². The van der Waals surface area contributed by atoms with Gasteiger partial charge in [0.2, 0.25) is 5.13 Å². The summed E-state index contributed by atoms with van der Waals surface area (Å²) in [5.41, 5.74) is 2.83. The molecule has 1 heterocycles. The summed E-state index contributed by atoms with van der Waals surface area (Å²) in [6.07, 6.45) is 0.789. The summed E-state index contributed by atoms with van der Waals surface area (Å²) in [7, 11) is 0. The first-order valence-corrected chi connectivity index (χ1v) is 5.87. The van der Waals surface area contributed by atoms with Gasteiger partial charge in [-0.2, -0.15) is 0 Å². The molecule has 0 fully saturated rings. The number of nitro benzene ring substituents is 1. The van der Waals surface area contributed by atoms with Gasteiger partial charge in [0.15, 0.2) is 0 Å². The van der Waals surface area contributed by atoms with E-state index in [1.54, 1.807) is 17.6 Å². The Bertz CT molecular complexity index is 484. The van der Waals surface area contributed by atoms with E-state index < -0.39 is 4.92 Å². The largest absolute Gasteiger partial charge is 0.360 e. The van der Waals surface area contributed by atoms with Crippen LogP contribution in [-0.2, 0) is 6.42 Å². The van der Waals surface area contributed by atoms with Crippen LogP contribution < -0.4 is 5.32 Å². The van der Waals surface area contributed by atoms with Crippen LogP contribution in [-0.4, -0.2) is 21.7 Å². The van der Waals surface area contributed by atoms with Gasteiger partial charge in [-0.05, 0) is 12.0 Å². The summed E-state index contributed by atoms with van der Waals surface area (Å²) >= 11 is 1.44. The third-order valence-electron chi connectivity index (χ3n) is 2.20. The van der Waals surface area contributed by atoms with Crippen molar-refractivity contribution in [1.82, 2.24) is 10.2 Å². The predicted octanol–water partition coefficient (Wildman–Crippen LogP) is 2.10. The number of benzene rings is 1. The van der Waals surface area contributed by atoms with Gasteiger partial charge in [-0.3, -0.25) is 10.1 Å². The minimum Gasteiger partial charge on any atom is -0.360 e. The number of nitro groups is 1. The van der Waals surface area contributed by atoms with Crippen molar-refractivity contribution >= 4 is 22.2 Å². The van der Waals surface area contributed by atoms with Crippen LogP contribution in [0.3, 0.4) is 0 Å². The van der Waals surface area contributed by atoms with Crippen molar-refractivity contribution in [3.8, 4) is 0 Å². The van der Waals surface area contributed by atoms with Crippen molar-refractivity contribution < 1.29 is 4.92 Å². The van der Waals surface area contributed by atoms with E-state index >= 15 is 0 Å². The van der Waals surface area contributed by atoms with Crippen LogP contribution in [0.2, 0.25) is 0 Å². The quantitative estimate of drug-likeness (QED) is 0.649. The molecule has 88 valence electrons. The van der Waals surface area contributed by atoms with E-state index in [0.717, 1.165) is 23.7 Å². The van der Waals surface area contributed by atoms with Gasteiger partial charge in [-0.15, -0.1) is 10.2 Å². The fourth-order valence-corrected chi connectivity index (χ4v) is 1.82. The molecule has 0 saturated carbocycles. The maximum Gasteiger partial charge on any atom is 0.269 e. The maximum atomic E-state index is 10.5. The summed E-state index contributed by atoms with van der Waals surface area (Å²) in [5, 5.41) is 21.9. The molecule has 1 aromatic carbocycles. The summed E-state index contributed by atoms with van der Waals surface area (Å²) in [6, 6.07) is 6.56. The van der Waals surface area contributed by atoms with Crippen LogP contribution in [0, 0.1) is 10.1 Å². The predicted molar refractivity (Wildman–Crippen MR) is 65.2 cm³/mol. The lowest BCUT2D eigenvalue weighted by molar-refractivity contribution is -0.384. The van der Waals surface area contributed by atoms with E-state index in [-0.39, 0.29) is 5.69 Å². The molecule has 2 rings (SSSR count). The summed E-state index contributed by atoms with van der Waals surface area (Å²) < 4.78 is 0. The third-order valence-corrected chi connectivity index (χ3v) is 2.85. The van der Waals surface area contributed by atoms with E-state index in [1.165, 1.54) is 23.5 Å². The van der Waals surface area contributed by atoms with Crippen LogP contribution in [0.1, 0.15) is 5.56 Å². The van der Waals surface area contributed by atoms with Gasteiger partial charge in [-0.25, -0.2) is 0 Å². The molecule has 6 nitrogen and oxygen atoms in total. The molecular weight excluding hydrogens is 240 g/mol.